The molecule has 3 nitrogen and oxygen atoms in total. The van der Waals surface area contributed by atoms with E-state index < -0.39 is 0 Å². The minimum atomic E-state index is -0.325. The normalized spacial score (nSPS) is 10.4. The summed E-state index contributed by atoms with van der Waals surface area (Å²) in [5.41, 5.74) is 1.40. The number of carbonyl (C=O) groups is 1. The number of rotatable bonds is 3. The summed E-state index contributed by atoms with van der Waals surface area (Å²) in [5.74, 6) is -0.572. The molecule has 0 bridgehead atoms. The number of nitriles is 1. The second-order valence-corrected chi connectivity index (χ2v) is 5.84. The molecule has 3 aromatic rings. The van der Waals surface area contributed by atoms with Crippen LogP contribution < -0.4 is 5.32 Å². The van der Waals surface area contributed by atoms with Crippen LogP contribution in [-0.2, 0) is 6.54 Å². The molecule has 0 fully saturated rings. The van der Waals surface area contributed by atoms with Crippen LogP contribution in [-0.4, -0.2) is 5.91 Å². The van der Waals surface area contributed by atoms with Gasteiger partial charge in [-0.3, -0.25) is 4.79 Å². The van der Waals surface area contributed by atoms with Crippen LogP contribution in [0.25, 0.3) is 10.1 Å². The molecular weight excluding hydrogens is 299 g/mol. The average Bonchev–Trinajstić information content (AvgIpc) is 2.98. The third-order valence-electron chi connectivity index (χ3n) is 3.24. The summed E-state index contributed by atoms with van der Waals surface area (Å²) in [4.78, 5) is 12.6. The van der Waals surface area contributed by atoms with Gasteiger partial charge in [0.2, 0.25) is 0 Å². The molecule has 3 rings (SSSR count). The van der Waals surface area contributed by atoms with Crippen molar-refractivity contribution in [3.63, 3.8) is 0 Å². The molecule has 1 amide bonds. The Morgan fingerprint density at radius 2 is 2.05 bits per heavy atom. The standard InChI is InChI=1S/C17H11FN2OS/c18-14-5-2-6-15-13(14)8-16(22-15)17(21)20-10-12-4-1-3-11(7-12)9-19/h1-8H,10H2,(H,20,21). The maximum Gasteiger partial charge on any atom is 0.261 e. The fraction of sp³-hybridized carbons (Fsp3) is 0.0588. The second kappa shape index (κ2) is 5.96. The van der Waals surface area contributed by atoms with Gasteiger partial charge in [-0.05, 0) is 35.9 Å². The minimum absolute atomic E-state index is 0.247. The Kier molecular flexibility index (Phi) is 3.86. The lowest BCUT2D eigenvalue weighted by Gasteiger charge is -2.03. The Morgan fingerprint density at radius 3 is 2.82 bits per heavy atom. The van der Waals surface area contributed by atoms with E-state index in [1.807, 2.05) is 6.07 Å². The van der Waals surface area contributed by atoms with E-state index in [1.165, 1.54) is 17.4 Å². The van der Waals surface area contributed by atoms with Crippen LogP contribution in [0.5, 0.6) is 0 Å². The number of nitrogens with one attached hydrogen (secondary N) is 1. The van der Waals surface area contributed by atoms with Gasteiger partial charge in [0.05, 0.1) is 16.5 Å². The lowest BCUT2D eigenvalue weighted by molar-refractivity contribution is 0.0955. The Morgan fingerprint density at radius 1 is 1.23 bits per heavy atom. The van der Waals surface area contributed by atoms with Crippen molar-refractivity contribution in [1.29, 1.82) is 5.26 Å². The third-order valence-corrected chi connectivity index (χ3v) is 4.34. The van der Waals surface area contributed by atoms with Crippen LogP contribution in [0.1, 0.15) is 20.8 Å². The number of nitrogens with zero attached hydrogens (tertiary/aromatic N) is 1. The van der Waals surface area contributed by atoms with Crippen molar-refractivity contribution < 1.29 is 9.18 Å². The first kappa shape index (κ1) is 14.2. The number of carbonyl (C=O) groups excluding carboxylic acids is 1. The summed E-state index contributed by atoms with van der Waals surface area (Å²) in [5, 5.41) is 12.1. The predicted octanol–water partition coefficient (Wildman–Crippen LogP) is 3.84. The highest BCUT2D eigenvalue weighted by molar-refractivity contribution is 7.20. The fourth-order valence-corrected chi connectivity index (χ4v) is 3.15. The number of benzene rings is 2. The molecule has 0 radical (unpaired) electrons. The molecule has 1 aromatic heterocycles. The van der Waals surface area contributed by atoms with Crippen LogP contribution in [0.4, 0.5) is 4.39 Å². The van der Waals surface area contributed by atoms with Gasteiger partial charge >= 0.3 is 0 Å². The van der Waals surface area contributed by atoms with Crippen molar-refractivity contribution in [2.75, 3.05) is 0 Å². The molecule has 0 spiro atoms. The number of amides is 1. The van der Waals surface area contributed by atoms with Crippen LogP contribution >= 0.6 is 11.3 Å². The van der Waals surface area contributed by atoms with E-state index >= 15 is 0 Å². The predicted molar refractivity (Wildman–Crippen MR) is 84.1 cm³/mol. The highest BCUT2D eigenvalue weighted by Crippen LogP contribution is 2.27. The van der Waals surface area contributed by atoms with Gasteiger partial charge in [0, 0.05) is 16.6 Å². The quantitative estimate of drug-likeness (QED) is 0.799. The summed E-state index contributed by atoms with van der Waals surface area (Å²) in [6.07, 6.45) is 0. The molecule has 108 valence electrons. The van der Waals surface area contributed by atoms with Gasteiger partial charge in [0.25, 0.3) is 5.91 Å². The smallest absolute Gasteiger partial charge is 0.261 e. The molecule has 0 aliphatic rings. The van der Waals surface area contributed by atoms with E-state index in [9.17, 15) is 9.18 Å². The molecule has 0 atom stereocenters. The van der Waals surface area contributed by atoms with Crippen LogP contribution in [0.3, 0.4) is 0 Å². The van der Waals surface area contributed by atoms with Crippen molar-refractivity contribution >= 4 is 27.3 Å². The van der Waals surface area contributed by atoms with E-state index in [0.717, 1.165) is 10.3 Å². The van der Waals surface area contributed by atoms with Crippen molar-refractivity contribution in [1.82, 2.24) is 5.32 Å². The molecule has 5 heteroatoms. The van der Waals surface area contributed by atoms with Gasteiger partial charge in [-0.1, -0.05) is 18.2 Å². The van der Waals surface area contributed by atoms with Crippen LogP contribution in [0.2, 0.25) is 0 Å². The summed E-state index contributed by atoms with van der Waals surface area (Å²) in [6.45, 7) is 0.324. The first-order valence-electron chi connectivity index (χ1n) is 6.62. The lowest BCUT2D eigenvalue weighted by Crippen LogP contribution is -2.21. The molecule has 1 N–H and O–H groups in total. The molecular formula is C17H11FN2OS. The number of hydrogen-bond donors (Lipinski definition) is 1. The maximum atomic E-state index is 13.6. The Balaban J connectivity index is 1.76. The molecule has 0 unspecified atom stereocenters. The van der Waals surface area contributed by atoms with E-state index in [-0.39, 0.29) is 11.7 Å². The van der Waals surface area contributed by atoms with Crippen molar-refractivity contribution in [2.24, 2.45) is 0 Å². The van der Waals surface area contributed by atoms with Gasteiger partial charge in [-0.2, -0.15) is 5.26 Å². The summed E-state index contributed by atoms with van der Waals surface area (Å²) in [7, 11) is 0. The largest absolute Gasteiger partial charge is 0.347 e. The zero-order valence-corrected chi connectivity index (χ0v) is 12.3. The first-order valence-corrected chi connectivity index (χ1v) is 7.44. The Bertz CT molecular complexity index is 895. The molecule has 0 saturated carbocycles. The van der Waals surface area contributed by atoms with Gasteiger partial charge in [0.1, 0.15) is 5.82 Å². The van der Waals surface area contributed by atoms with E-state index in [4.69, 9.17) is 5.26 Å². The van der Waals surface area contributed by atoms with Gasteiger partial charge in [-0.15, -0.1) is 11.3 Å². The second-order valence-electron chi connectivity index (χ2n) is 4.76. The fourth-order valence-electron chi connectivity index (χ4n) is 2.16. The molecule has 1 heterocycles. The summed E-state index contributed by atoms with van der Waals surface area (Å²) in [6, 6.07) is 15.5. The van der Waals surface area contributed by atoms with Crippen LogP contribution in [0.15, 0.2) is 48.5 Å². The average molecular weight is 310 g/mol. The van der Waals surface area contributed by atoms with Crippen molar-refractivity contribution in [2.45, 2.75) is 6.54 Å². The topological polar surface area (TPSA) is 52.9 Å². The lowest BCUT2D eigenvalue weighted by atomic mass is 10.1. The summed E-state index contributed by atoms with van der Waals surface area (Å²) >= 11 is 1.26. The number of hydrogen-bond acceptors (Lipinski definition) is 3. The van der Waals surface area contributed by atoms with Gasteiger partial charge in [0.15, 0.2) is 0 Å². The first-order chi connectivity index (χ1) is 10.7. The number of fused-ring (bicyclic) bond motifs is 1. The SMILES string of the molecule is N#Cc1cccc(CNC(=O)c2cc3c(F)cccc3s2)c1. The van der Waals surface area contributed by atoms with Crippen molar-refractivity contribution in [3.05, 3.63) is 70.4 Å². The maximum absolute atomic E-state index is 13.6. The number of halogens is 1. The molecule has 2 aromatic carbocycles. The van der Waals surface area contributed by atoms with Gasteiger partial charge < -0.3 is 5.32 Å². The molecule has 0 saturated heterocycles. The summed E-state index contributed by atoms with van der Waals surface area (Å²) < 4.78 is 14.4. The Hall–Kier alpha value is -2.71. The Labute approximate surface area is 130 Å². The van der Waals surface area contributed by atoms with E-state index in [0.29, 0.717) is 22.4 Å². The van der Waals surface area contributed by atoms with Crippen molar-refractivity contribution in [3.8, 4) is 6.07 Å². The third kappa shape index (κ3) is 2.83. The van der Waals surface area contributed by atoms with Crippen LogP contribution in [0, 0.1) is 17.1 Å². The number of thiophene rings is 1. The molecule has 22 heavy (non-hydrogen) atoms. The zero-order chi connectivity index (χ0) is 15.5. The van der Waals surface area contributed by atoms with Gasteiger partial charge in [-0.25, -0.2) is 4.39 Å². The molecule has 0 aliphatic heterocycles. The minimum Gasteiger partial charge on any atom is -0.347 e. The molecule has 0 aliphatic carbocycles. The zero-order valence-electron chi connectivity index (χ0n) is 11.5. The van der Waals surface area contributed by atoms with E-state index in [2.05, 4.69) is 11.4 Å². The monoisotopic (exact) mass is 310 g/mol. The highest BCUT2D eigenvalue weighted by atomic mass is 32.1. The van der Waals surface area contributed by atoms with E-state index in [1.54, 1.807) is 36.4 Å². The highest BCUT2D eigenvalue weighted by Gasteiger charge is 2.12.